The Kier molecular flexibility index (Phi) is 11.5. The lowest BCUT2D eigenvalue weighted by molar-refractivity contribution is 0.336. The van der Waals surface area contributed by atoms with Gasteiger partial charge in [-0.25, -0.2) is 0 Å². The van der Waals surface area contributed by atoms with Crippen molar-refractivity contribution >= 4 is 41.5 Å². The standard InChI is InChI=1S/C15H24ClN3O.HI/c1-4-17-15(18-5-2)19-10-9-12-11-13(16)7-8-14(12)20-6-3;/h7-8,11H,4-6,9-10H2,1-3H3,(H2,17,18,19);1H. The van der Waals surface area contributed by atoms with Crippen LogP contribution in [0.2, 0.25) is 5.02 Å². The highest BCUT2D eigenvalue weighted by Crippen LogP contribution is 2.23. The van der Waals surface area contributed by atoms with Crippen LogP contribution in [0.3, 0.4) is 0 Å². The molecular formula is C15H25ClIN3O. The summed E-state index contributed by atoms with van der Waals surface area (Å²) in [7, 11) is 0. The van der Waals surface area contributed by atoms with Gasteiger partial charge in [-0.05, 0) is 51.0 Å². The Labute approximate surface area is 149 Å². The van der Waals surface area contributed by atoms with Crippen molar-refractivity contribution in [3.8, 4) is 5.75 Å². The van der Waals surface area contributed by atoms with Gasteiger partial charge < -0.3 is 15.4 Å². The van der Waals surface area contributed by atoms with Gasteiger partial charge in [0, 0.05) is 24.7 Å². The number of aliphatic imine (C=N–C) groups is 1. The van der Waals surface area contributed by atoms with Crippen LogP contribution in [-0.4, -0.2) is 32.2 Å². The lowest BCUT2D eigenvalue weighted by atomic mass is 10.1. The minimum atomic E-state index is 0. The fraction of sp³-hybridized carbons (Fsp3) is 0.533. The normalized spacial score (nSPS) is 9.52. The van der Waals surface area contributed by atoms with Crippen molar-refractivity contribution in [1.82, 2.24) is 10.6 Å². The number of hydrogen-bond acceptors (Lipinski definition) is 2. The number of benzene rings is 1. The van der Waals surface area contributed by atoms with Crippen molar-refractivity contribution < 1.29 is 4.74 Å². The van der Waals surface area contributed by atoms with E-state index >= 15 is 0 Å². The first-order valence-electron chi connectivity index (χ1n) is 7.14. The Morgan fingerprint density at radius 1 is 1.19 bits per heavy atom. The number of hydrogen-bond donors (Lipinski definition) is 2. The summed E-state index contributed by atoms with van der Waals surface area (Å²) in [6.45, 7) is 9.13. The first-order chi connectivity index (χ1) is 9.71. The largest absolute Gasteiger partial charge is 0.494 e. The van der Waals surface area contributed by atoms with Crippen LogP contribution < -0.4 is 15.4 Å². The average Bonchev–Trinajstić information content (AvgIpc) is 2.42. The lowest BCUT2D eigenvalue weighted by Crippen LogP contribution is -2.37. The van der Waals surface area contributed by atoms with Crippen LogP contribution in [0.15, 0.2) is 23.2 Å². The molecule has 0 amide bonds. The van der Waals surface area contributed by atoms with E-state index in [0.29, 0.717) is 13.2 Å². The Morgan fingerprint density at radius 2 is 1.86 bits per heavy atom. The number of halogens is 2. The van der Waals surface area contributed by atoms with Crippen molar-refractivity contribution in [2.45, 2.75) is 27.2 Å². The molecular weight excluding hydrogens is 401 g/mol. The lowest BCUT2D eigenvalue weighted by Gasteiger charge is -2.11. The predicted octanol–water partition coefficient (Wildman–Crippen LogP) is 3.47. The van der Waals surface area contributed by atoms with E-state index in [9.17, 15) is 0 Å². The summed E-state index contributed by atoms with van der Waals surface area (Å²) in [6, 6.07) is 5.71. The molecule has 0 spiro atoms. The molecule has 0 atom stereocenters. The van der Waals surface area contributed by atoms with E-state index in [0.717, 1.165) is 41.8 Å². The number of rotatable bonds is 7. The van der Waals surface area contributed by atoms with Gasteiger partial charge in [0.1, 0.15) is 5.75 Å². The van der Waals surface area contributed by atoms with Gasteiger partial charge in [0.25, 0.3) is 0 Å². The summed E-state index contributed by atoms with van der Waals surface area (Å²) in [6.07, 6.45) is 0.802. The molecule has 1 aromatic carbocycles. The van der Waals surface area contributed by atoms with Gasteiger partial charge in [-0.15, -0.1) is 24.0 Å². The Hall–Kier alpha value is -0.690. The molecule has 0 radical (unpaired) electrons. The number of nitrogens with zero attached hydrogens (tertiary/aromatic N) is 1. The molecule has 4 nitrogen and oxygen atoms in total. The number of nitrogens with one attached hydrogen (secondary N) is 2. The molecule has 1 rings (SSSR count). The molecule has 0 aliphatic carbocycles. The first-order valence-corrected chi connectivity index (χ1v) is 7.52. The zero-order valence-electron chi connectivity index (χ0n) is 12.9. The van der Waals surface area contributed by atoms with Crippen LogP contribution in [0.1, 0.15) is 26.3 Å². The maximum absolute atomic E-state index is 6.04. The van der Waals surface area contributed by atoms with Crippen LogP contribution in [0.4, 0.5) is 0 Å². The Morgan fingerprint density at radius 3 is 2.43 bits per heavy atom. The highest BCUT2D eigenvalue weighted by molar-refractivity contribution is 14.0. The third-order valence-electron chi connectivity index (χ3n) is 2.66. The smallest absolute Gasteiger partial charge is 0.191 e. The van der Waals surface area contributed by atoms with Gasteiger partial charge >= 0.3 is 0 Å². The summed E-state index contributed by atoms with van der Waals surface area (Å²) in [4.78, 5) is 4.53. The van der Waals surface area contributed by atoms with E-state index in [-0.39, 0.29) is 24.0 Å². The highest BCUT2D eigenvalue weighted by atomic mass is 127. The fourth-order valence-corrected chi connectivity index (χ4v) is 2.03. The molecule has 2 N–H and O–H groups in total. The third kappa shape index (κ3) is 7.76. The van der Waals surface area contributed by atoms with Crippen LogP contribution >= 0.6 is 35.6 Å². The van der Waals surface area contributed by atoms with Gasteiger partial charge in [0.05, 0.1) is 6.61 Å². The number of ether oxygens (including phenoxy) is 1. The number of guanidine groups is 1. The van der Waals surface area contributed by atoms with Gasteiger partial charge in [0.15, 0.2) is 5.96 Å². The Bertz CT molecular complexity index is 433. The molecule has 0 aliphatic rings. The van der Waals surface area contributed by atoms with Gasteiger partial charge in [-0.2, -0.15) is 0 Å². The molecule has 0 aliphatic heterocycles. The summed E-state index contributed by atoms with van der Waals surface area (Å²) in [5.74, 6) is 1.73. The second-order valence-electron chi connectivity index (χ2n) is 4.23. The molecule has 1 aromatic rings. The molecule has 0 heterocycles. The minimum absolute atomic E-state index is 0. The van der Waals surface area contributed by atoms with Crippen LogP contribution in [-0.2, 0) is 6.42 Å². The molecule has 0 bridgehead atoms. The molecule has 6 heteroatoms. The first kappa shape index (κ1) is 20.3. The Balaban J connectivity index is 0.00000400. The third-order valence-corrected chi connectivity index (χ3v) is 2.90. The maximum Gasteiger partial charge on any atom is 0.191 e. The fourth-order valence-electron chi connectivity index (χ4n) is 1.84. The molecule has 21 heavy (non-hydrogen) atoms. The zero-order valence-corrected chi connectivity index (χ0v) is 16.0. The highest BCUT2D eigenvalue weighted by Gasteiger charge is 2.04. The second kappa shape index (κ2) is 11.9. The summed E-state index contributed by atoms with van der Waals surface area (Å²) >= 11 is 6.04. The molecule has 0 unspecified atom stereocenters. The minimum Gasteiger partial charge on any atom is -0.494 e. The zero-order chi connectivity index (χ0) is 14.8. The van der Waals surface area contributed by atoms with E-state index in [1.165, 1.54) is 0 Å². The van der Waals surface area contributed by atoms with E-state index < -0.39 is 0 Å². The molecule has 120 valence electrons. The molecule has 0 saturated heterocycles. The average molecular weight is 426 g/mol. The summed E-state index contributed by atoms with van der Waals surface area (Å²) < 4.78 is 5.61. The van der Waals surface area contributed by atoms with Crippen molar-refractivity contribution in [2.75, 3.05) is 26.2 Å². The molecule has 0 saturated carbocycles. The van der Waals surface area contributed by atoms with E-state index in [2.05, 4.69) is 29.5 Å². The van der Waals surface area contributed by atoms with E-state index in [1.807, 2.05) is 25.1 Å². The predicted molar refractivity (Wildman–Crippen MR) is 101 cm³/mol. The van der Waals surface area contributed by atoms with Crippen molar-refractivity contribution in [2.24, 2.45) is 4.99 Å². The van der Waals surface area contributed by atoms with Crippen molar-refractivity contribution in [3.63, 3.8) is 0 Å². The summed E-state index contributed by atoms with van der Waals surface area (Å²) in [5.41, 5.74) is 1.09. The van der Waals surface area contributed by atoms with Gasteiger partial charge in [0.2, 0.25) is 0 Å². The second-order valence-corrected chi connectivity index (χ2v) is 4.66. The molecule has 0 aromatic heterocycles. The van der Waals surface area contributed by atoms with E-state index in [4.69, 9.17) is 16.3 Å². The van der Waals surface area contributed by atoms with Crippen molar-refractivity contribution in [1.29, 1.82) is 0 Å². The van der Waals surface area contributed by atoms with Gasteiger partial charge in [-0.1, -0.05) is 11.6 Å². The summed E-state index contributed by atoms with van der Waals surface area (Å²) in [5, 5.41) is 7.13. The van der Waals surface area contributed by atoms with Crippen LogP contribution in [0.5, 0.6) is 5.75 Å². The topological polar surface area (TPSA) is 45.7 Å². The van der Waals surface area contributed by atoms with E-state index in [1.54, 1.807) is 0 Å². The van der Waals surface area contributed by atoms with Crippen LogP contribution in [0, 0.1) is 0 Å². The monoisotopic (exact) mass is 425 g/mol. The van der Waals surface area contributed by atoms with Gasteiger partial charge in [-0.3, -0.25) is 4.99 Å². The molecule has 0 fully saturated rings. The SMILES string of the molecule is CCNC(=NCCc1cc(Cl)ccc1OCC)NCC.I. The van der Waals surface area contributed by atoms with Crippen LogP contribution in [0.25, 0.3) is 0 Å². The maximum atomic E-state index is 6.04. The van der Waals surface area contributed by atoms with Crippen molar-refractivity contribution in [3.05, 3.63) is 28.8 Å². The quantitative estimate of drug-likeness (QED) is 0.399.